The zero-order valence-corrected chi connectivity index (χ0v) is 9.16. The van der Waals surface area contributed by atoms with Crippen LogP contribution < -0.4 is 0 Å². The van der Waals surface area contributed by atoms with E-state index in [2.05, 4.69) is 27.1 Å². The van der Waals surface area contributed by atoms with Crippen LogP contribution >= 0.6 is 12.2 Å². The average Bonchev–Trinajstić information content (AvgIpc) is 2.63. The van der Waals surface area contributed by atoms with Gasteiger partial charge in [-0.2, -0.15) is 5.10 Å². The lowest BCUT2D eigenvalue weighted by molar-refractivity contribution is 0.673. The number of hydrogen-bond donors (Lipinski definition) is 1. The molecule has 6 heteroatoms. The van der Waals surface area contributed by atoms with Gasteiger partial charge in [-0.05, 0) is 18.6 Å². The van der Waals surface area contributed by atoms with Crippen molar-refractivity contribution < 1.29 is 0 Å². The second-order valence-corrected chi connectivity index (χ2v) is 3.48. The van der Waals surface area contributed by atoms with Crippen molar-refractivity contribution in [2.75, 3.05) is 0 Å². The molecule has 0 aliphatic heterocycles. The molecular formula is C9H11N5S. The van der Waals surface area contributed by atoms with Crippen molar-refractivity contribution in [1.82, 2.24) is 24.7 Å². The summed E-state index contributed by atoms with van der Waals surface area (Å²) < 4.78 is 2.55. The van der Waals surface area contributed by atoms with Gasteiger partial charge in [-0.3, -0.25) is 14.6 Å². The maximum absolute atomic E-state index is 5.14. The molecule has 0 saturated heterocycles. The number of nitrogens with one attached hydrogen (secondary N) is 1. The van der Waals surface area contributed by atoms with Crippen LogP contribution in [0.4, 0.5) is 0 Å². The van der Waals surface area contributed by atoms with Crippen LogP contribution in [0.15, 0.2) is 18.6 Å². The Morgan fingerprint density at radius 1 is 1.47 bits per heavy atom. The molecule has 2 rings (SSSR count). The van der Waals surface area contributed by atoms with Crippen LogP contribution in [-0.2, 0) is 6.54 Å². The molecule has 0 amide bonds. The first kappa shape index (κ1) is 9.97. The van der Waals surface area contributed by atoms with Crippen molar-refractivity contribution >= 4 is 12.2 Å². The van der Waals surface area contributed by atoms with E-state index in [1.54, 1.807) is 18.6 Å². The van der Waals surface area contributed by atoms with E-state index in [0.29, 0.717) is 4.77 Å². The molecule has 15 heavy (non-hydrogen) atoms. The maximum atomic E-state index is 5.14. The van der Waals surface area contributed by atoms with Crippen molar-refractivity contribution in [3.8, 4) is 11.5 Å². The largest absolute Gasteiger partial charge is 0.299 e. The lowest BCUT2D eigenvalue weighted by Gasteiger charge is -2.02. The van der Waals surface area contributed by atoms with E-state index >= 15 is 0 Å². The summed E-state index contributed by atoms with van der Waals surface area (Å²) in [5.74, 6) is 0.745. The van der Waals surface area contributed by atoms with Crippen molar-refractivity contribution in [2.45, 2.75) is 19.9 Å². The van der Waals surface area contributed by atoms with Crippen molar-refractivity contribution in [2.24, 2.45) is 0 Å². The summed E-state index contributed by atoms with van der Waals surface area (Å²) in [5, 5.41) is 6.92. The monoisotopic (exact) mass is 221 g/mol. The average molecular weight is 221 g/mol. The first-order valence-corrected chi connectivity index (χ1v) is 5.15. The third-order valence-electron chi connectivity index (χ3n) is 2.00. The van der Waals surface area contributed by atoms with Crippen molar-refractivity contribution in [1.29, 1.82) is 0 Å². The Hall–Kier alpha value is -1.56. The van der Waals surface area contributed by atoms with E-state index in [4.69, 9.17) is 12.2 Å². The highest BCUT2D eigenvalue weighted by atomic mass is 32.1. The van der Waals surface area contributed by atoms with Gasteiger partial charge in [-0.1, -0.05) is 6.92 Å². The first-order valence-electron chi connectivity index (χ1n) is 4.74. The molecule has 5 nitrogen and oxygen atoms in total. The van der Waals surface area contributed by atoms with Gasteiger partial charge in [0.2, 0.25) is 0 Å². The van der Waals surface area contributed by atoms with E-state index in [1.165, 1.54) is 0 Å². The van der Waals surface area contributed by atoms with Crippen LogP contribution in [0.25, 0.3) is 11.5 Å². The lowest BCUT2D eigenvalue weighted by atomic mass is 10.4. The number of nitrogens with zero attached hydrogens (tertiary/aromatic N) is 4. The third-order valence-corrected chi connectivity index (χ3v) is 2.31. The Labute approximate surface area is 92.2 Å². The fourth-order valence-electron chi connectivity index (χ4n) is 1.36. The second kappa shape index (κ2) is 4.31. The van der Waals surface area contributed by atoms with Crippen LogP contribution in [0.3, 0.4) is 0 Å². The van der Waals surface area contributed by atoms with Gasteiger partial charge in [0.05, 0.1) is 6.20 Å². The number of aromatic amines is 1. The molecule has 0 fully saturated rings. The van der Waals surface area contributed by atoms with Crippen LogP contribution in [0.2, 0.25) is 0 Å². The highest BCUT2D eigenvalue weighted by Gasteiger charge is 2.08. The number of rotatable bonds is 3. The molecule has 78 valence electrons. The molecular weight excluding hydrogens is 210 g/mol. The maximum Gasteiger partial charge on any atom is 0.195 e. The summed E-state index contributed by atoms with van der Waals surface area (Å²) in [5.41, 5.74) is 0.735. The van der Waals surface area contributed by atoms with E-state index in [0.717, 1.165) is 24.5 Å². The van der Waals surface area contributed by atoms with Crippen LogP contribution in [-0.4, -0.2) is 24.7 Å². The minimum Gasteiger partial charge on any atom is -0.299 e. The standard InChI is InChI=1S/C9H11N5S/c1-2-5-14-8(12-13-9(14)15)7-6-10-3-4-11-7/h3-4,6H,2,5H2,1H3,(H,13,15). The van der Waals surface area contributed by atoms with Gasteiger partial charge >= 0.3 is 0 Å². The molecule has 0 atom stereocenters. The van der Waals surface area contributed by atoms with Gasteiger partial charge in [-0.15, -0.1) is 0 Å². The Morgan fingerprint density at radius 2 is 2.33 bits per heavy atom. The number of aromatic nitrogens is 5. The Morgan fingerprint density at radius 3 is 3.00 bits per heavy atom. The first-order chi connectivity index (χ1) is 7.33. The van der Waals surface area contributed by atoms with Crippen LogP contribution in [0.5, 0.6) is 0 Å². The van der Waals surface area contributed by atoms with E-state index in [-0.39, 0.29) is 0 Å². The SMILES string of the molecule is CCCn1c(-c2cnccn2)n[nH]c1=S. The van der Waals surface area contributed by atoms with Gasteiger partial charge in [0, 0.05) is 18.9 Å². The molecule has 2 heterocycles. The zero-order chi connectivity index (χ0) is 10.7. The highest BCUT2D eigenvalue weighted by molar-refractivity contribution is 7.71. The van der Waals surface area contributed by atoms with Gasteiger partial charge in [0.1, 0.15) is 5.69 Å². The Kier molecular flexibility index (Phi) is 2.86. The molecule has 0 spiro atoms. The molecule has 0 radical (unpaired) electrons. The zero-order valence-electron chi connectivity index (χ0n) is 8.34. The summed E-state index contributed by atoms with van der Waals surface area (Å²) in [6.45, 7) is 2.93. The molecule has 0 unspecified atom stereocenters. The second-order valence-electron chi connectivity index (χ2n) is 3.09. The predicted octanol–water partition coefficient (Wildman–Crippen LogP) is 1.81. The lowest BCUT2D eigenvalue weighted by Crippen LogP contribution is -2.01. The van der Waals surface area contributed by atoms with Gasteiger partial charge < -0.3 is 0 Å². The molecule has 2 aromatic heterocycles. The molecule has 0 aromatic carbocycles. The highest BCUT2D eigenvalue weighted by Crippen LogP contribution is 2.12. The predicted molar refractivity (Wildman–Crippen MR) is 58.7 cm³/mol. The number of hydrogen-bond acceptors (Lipinski definition) is 4. The third kappa shape index (κ3) is 1.94. The van der Waals surface area contributed by atoms with E-state index in [1.807, 2.05) is 4.57 Å². The number of H-pyrrole nitrogens is 1. The van der Waals surface area contributed by atoms with Gasteiger partial charge in [-0.25, -0.2) is 4.98 Å². The topological polar surface area (TPSA) is 59.4 Å². The van der Waals surface area contributed by atoms with E-state index < -0.39 is 0 Å². The summed E-state index contributed by atoms with van der Waals surface area (Å²) in [6.07, 6.45) is 5.95. The Balaban J connectivity index is 2.49. The normalized spacial score (nSPS) is 10.5. The molecule has 2 aromatic rings. The quantitative estimate of drug-likeness (QED) is 0.803. The fourth-order valence-corrected chi connectivity index (χ4v) is 1.58. The smallest absolute Gasteiger partial charge is 0.195 e. The van der Waals surface area contributed by atoms with Crippen molar-refractivity contribution in [3.63, 3.8) is 0 Å². The molecule has 1 N–H and O–H groups in total. The van der Waals surface area contributed by atoms with E-state index in [9.17, 15) is 0 Å². The molecule has 0 aliphatic carbocycles. The summed E-state index contributed by atoms with van der Waals surface area (Å²) >= 11 is 5.14. The van der Waals surface area contributed by atoms with Crippen LogP contribution in [0.1, 0.15) is 13.3 Å². The molecule has 0 saturated carbocycles. The summed E-state index contributed by atoms with van der Waals surface area (Å²) in [7, 11) is 0. The minimum absolute atomic E-state index is 0.623. The molecule has 0 bridgehead atoms. The fraction of sp³-hybridized carbons (Fsp3) is 0.333. The van der Waals surface area contributed by atoms with Crippen molar-refractivity contribution in [3.05, 3.63) is 23.4 Å². The van der Waals surface area contributed by atoms with Gasteiger partial charge in [0.15, 0.2) is 10.6 Å². The van der Waals surface area contributed by atoms with Gasteiger partial charge in [0.25, 0.3) is 0 Å². The minimum atomic E-state index is 0.623. The van der Waals surface area contributed by atoms with Crippen LogP contribution in [0, 0.1) is 4.77 Å². The summed E-state index contributed by atoms with van der Waals surface area (Å²) in [6, 6.07) is 0. The Bertz CT molecular complexity index is 487. The summed E-state index contributed by atoms with van der Waals surface area (Å²) in [4.78, 5) is 8.20. The molecule has 0 aliphatic rings.